The van der Waals surface area contributed by atoms with Crippen molar-refractivity contribution in [3.05, 3.63) is 35.8 Å². The van der Waals surface area contributed by atoms with Crippen LogP contribution >= 0.6 is 0 Å². The summed E-state index contributed by atoms with van der Waals surface area (Å²) in [5.74, 6) is 0.0795. The summed E-state index contributed by atoms with van der Waals surface area (Å²) in [6, 6.07) is 4.88. The number of hydrogen-bond acceptors (Lipinski definition) is 2. The molecule has 0 saturated heterocycles. The lowest BCUT2D eigenvalue weighted by molar-refractivity contribution is 0.478. The van der Waals surface area contributed by atoms with Crippen molar-refractivity contribution in [2.24, 2.45) is 11.7 Å². The molecule has 1 heterocycles. The van der Waals surface area contributed by atoms with Crippen molar-refractivity contribution in [1.82, 2.24) is 0 Å². The van der Waals surface area contributed by atoms with E-state index in [-0.39, 0.29) is 11.9 Å². The average molecular weight is 221 g/mol. The standard InChI is InChI=1S/C13H16FNO/c1-8(9(2)15)5-11-7-12(14)6-10-3-4-16-13(10)11/h3-4,6-9H,5,15H2,1-2H3. The number of rotatable bonds is 3. The summed E-state index contributed by atoms with van der Waals surface area (Å²) >= 11 is 0. The number of benzene rings is 1. The third kappa shape index (κ3) is 2.09. The predicted molar refractivity (Wildman–Crippen MR) is 62.7 cm³/mol. The van der Waals surface area contributed by atoms with Crippen LogP contribution < -0.4 is 5.73 Å². The molecule has 16 heavy (non-hydrogen) atoms. The van der Waals surface area contributed by atoms with Gasteiger partial charge >= 0.3 is 0 Å². The molecule has 0 bridgehead atoms. The molecular weight excluding hydrogens is 205 g/mol. The van der Waals surface area contributed by atoms with Gasteiger partial charge in [0.1, 0.15) is 11.4 Å². The Morgan fingerprint density at radius 3 is 2.81 bits per heavy atom. The van der Waals surface area contributed by atoms with Crippen molar-refractivity contribution in [2.45, 2.75) is 26.3 Å². The molecule has 0 aliphatic heterocycles. The van der Waals surface area contributed by atoms with Crippen LogP contribution in [-0.2, 0) is 6.42 Å². The maximum Gasteiger partial charge on any atom is 0.137 e. The van der Waals surface area contributed by atoms with Crippen molar-refractivity contribution < 1.29 is 8.81 Å². The van der Waals surface area contributed by atoms with Gasteiger partial charge in [0.05, 0.1) is 6.26 Å². The van der Waals surface area contributed by atoms with Crippen molar-refractivity contribution >= 4 is 11.0 Å². The molecule has 0 aliphatic rings. The summed E-state index contributed by atoms with van der Waals surface area (Å²) in [6.07, 6.45) is 2.32. The van der Waals surface area contributed by atoms with E-state index in [2.05, 4.69) is 6.92 Å². The first-order valence-corrected chi connectivity index (χ1v) is 5.49. The van der Waals surface area contributed by atoms with Crippen LogP contribution in [0.15, 0.2) is 28.9 Å². The monoisotopic (exact) mass is 221 g/mol. The number of furan rings is 1. The lowest BCUT2D eigenvalue weighted by atomic mass is 9.94. The lowest BCUT2D eigenvalue weighted by Crippen LogP contribution is -2.25. The van der Waals surface area contributed by atoms with Crippen LogP contribution in [0.1, 0.15) is 19.4 Å². The van der Waals surface area contributed by atoms with Crippen LogP contribution in [-0.4, -0.2) is 6.04 Å². The molecule has 2 N–H and O–H groups in total. The van der Waals surface area contributed by atoms with Crippen LogP contribution in [0, 0.1) is 11.7 Å². The summed E-state index contributed by atoms with van der Waals surface area (Å²) in [5.41, 5.74) is 7.48. The molecule has 86 valence electrons. The van der Waals surface area contributed by atoms with Crippen molar-refractivity contribution in [2.75, 3.05) is 0 Å². The summed E-state index contributed by atoms with van der Waals surface area (Å²) in [6.45, 7) is 4.02. The molecule has 2 unspecified atom stereocenters. The van der Waals surface area contributed by atoms with Crippen LogP contribution in [0.5, 0.6) is 0 Å². The molecule has 3 heteroatoms. The van der Waals surface area contributed by atoms with Gasteiger partial charge in [-0.3, -0.25) is 0 Å². The lowest BCUT2D eigenvalue weighted by Gasteiger charge is -2.15. The molecule has 0 radical (unpaired) electrons. The normalized spacial score (nSPS) is 15.2. The second-order valence-electron chi connectivity index (χ2n) is 4.44. The third-order valence-corrected chi connectivity index (χ3v) is 3.03. The van der Waals surface area contributed by atoms with Crippen molar-refractivity contribution in [1.29, 1.82) is 0 Å². The average Bonchev–Trinajstić information content (AvgIpc) is 2.65. The van der Waals surface area contributed by atoms with Gasteiger partial charge in [-0.2, -0.15) is 0 Å². The minimum absolute atomic E-state index is 0.0910. The Morgan fingerprint density at radius 2 is 2.12 bits per heavy atom. The van der Waals surface area contributed by atoms with E-state index >= 15 is 0 Å². The first kappa shape index (κ1) is 11.1. The fourth-order valence-electron chi connectivity index (χ4n) is 1.80. The highest BCUT2D eigenvalue weighted by molar-refractivity contribution is 5.80. The van der Waals surface area contributed by atoms with Gasteiger partial charge in [-0.05, 0) is 43.0 Å². The maximum atomic E-state index is 13.4. The third-order valence-electron chi connectivity index (χ3n) is 3.03. The fourth-order valence-corrected chi connectivity index (χ4v) is 1.80. The van der Waals surface area contributed by atoms with E-state index in [9.17, 15) is 4.39 Å². The van der Waals surface area contributed by atoms with E-state index in [0.717, 1.165) is 23.0 Å². The Morgan fingerprint density at radius 1 is 1.38 bits per heavy atom. The molecule has 0 spiro atoms. The van der Waals surface area contributed by atoms with Crippen LogP contribution in [0.4, 0.5) is 4.39 Å². The summed E-state index contributed by atoms with van der Waals surface area (Å²) in [5, 5.41) is 0.812. The van der Waals surface area contributed by atoms with Gasteiger partial charge in [0.2, 0.25) is 0 Å². The molecule has 2 aromatic rings. The first-order chi connectivity index (χ1) is 7.58. The minimum Gasteiger partial charge on any atom is -0.464 e. The zero-order valence-electron chi connectivity index (χ0n) is 9.53. The van der Waals surface area contributed by atoms with Gasteiger partial charge in [0.15, 0.2) is 0 Å². The predicted octanol–water partition coefficient (Wildman–Crippen LogP) is 3.10. The Bertz CT molecular complexity index is 490. The van der Waals surface area contributed by atoms with E-state index in [1.165, 1.54) is 12.1 Å². The second-order valence-corrected chi connectivity index (χ2v) is 4.44. The van der Waals surface area contributed by atoms with Crippen LogP contribution in [0.3, 0.4) is 0 Å². The molecule has 0 fully saturated rings. The number of halogens is 1. The number of fused-ring (bicyclic) bond motifs is 1. The highest BCUT2D eigenvalue weighted by Crippen LogP contribution is 2.24. The van der Waals surface area contributed by atoms with Crippen molar-refractivity contribution in [3.63, 3.8) is 0 Å². The fraction of sp³-hybridized carbons (Fsp3) is 0.385. The van der Waals surface area contributed by atoms with Crippen LogP contribution in [0.25, 0.3) is 11.0 Å². The van der Waals surface area contributed by atoms with Gasteiger partial charge < -0.3 is 10.2 Å². The first-order valence-electron chi connectivity index (χ1n) is 5.49. The van der Waals surface area contributed by atoms with E-state index in [0.29, 0.717) is 5.92 Å². The van der Waals surface area contributed by atoms with Gasteiger partial charge in [-0.1, -0.05) is 6.92 Å². The maximum absolute atomic E-state index is 13.4. The molecule has 0 amide bonds. The smallest absolute Gasteiger partial charge is 0.137 e. The second kappa shape index (κ2) is 4.26. The number of nitrogens with two attached hydrogens (primary N) is 1. The zero-order valence-corrected chi connectivity index (χ0v) is 9.53. The number of hydrogen-bond donors (Lipinski definition) is 1. The molecule has 2 nitrogen and oxygen atoms in total. The SMILES string of the molecule is CC(N)C(C)Cc1cc(F)cc2ccoc12. The Hall–Kier alpha value is -1.35. The molecule has 2 rings (SSSR count). The Labute approximate surface area is 94.2 Å². The van der Waals surface area contributed by atoms with E-state index in [1.807, 2.05) is 6.92 Å². The largest absolute Gasteiger partial charge is 0.464 e. The quantitative estimate of drug-likeness (QED) is 0.865. The van der Waals surface area contributed by atoms with E-state index in [4.69, 9.17) is 10.2 Å². The zero-order chi connectivity index (χ0) is 11.7. The highest BCUT2D eigenvalue weighted by Gasteiger charge is 2.13. The summed E-state index contributed by atoms with van der Waals surface area (Å²) < 4.78 is 18.7. The van der Waals surface area contributed by atoms with Gasteiger partial charge in [0, 0.05) is 11.4 Å². The molecule has 2 atom stereocenters. The van der Waals surface area contributed by atoms with Gasteiger partial charge in [-0.25, -0.2) is 4.39 Å². The van der Waals surface area contributed by atoms with Crippen molar-refractivity contribution in [3.8, 4) is 0 Å². The van der Waals surface area contributed by atoms with Crippen LogP contribution in [0.2, 0.25) is 0 Å². The highest BCUT2D eigenvalue weighted by atomic mass is 19.1. The molecule has 0 saturated carbocycles. The summed E-state index contributed by atoms with van der Waals surface area (Å²) in [4.78, 5) is 0. The van der Waals surface area contributed by atoms with E-state index in [1.54, 1.807) is 12.3 Å². The van der Waals surface area contributed by atoms with E-state index < -0.39 is 0 Å². The van der Waals surface area contributed by atoms with Gasteiger partial charge in [-0.15, -0.1) is 0 Å². The minimum atomic E-state index is -0.222. The molecule has 1 aromatic carbocycles. The molecule has 1 aromatic heterocycles. The Balaban J connectivity index is 2.39. The molecule has 0 aliphatic carbocycles. The van der Waals surface area contributed by atoms with Gasteiger partial charge in [0.25, 0.3) is 0 Å². The molecular formula is C13H16FNO. The summed E-state index contributed by atoms with van der Waals surface area (Å²) in [7, 11) is 0. The Kier molecular flexibility index (Phi) is 2.97. The topological polar surface area (TPSA) is 39.2 Å².